The lowest BCUT2D eigenvalue weighted by Gasteiger charge is -2.30. The number of aromatic nitrogens is 2. The summed E-state index contributed by atoms with van der Waals surface area (Å²) in [5.74, 6) is 1.08. The van der Waals surface area contributed by atoms with Gasteiger partial charge in [0, 0.05) is 12.1 Å². The molecule has 0 aliphatic heterocycles. The molecule has 1 heterocycles. The van der Waals surface area contributed by atoms with Gasteiger partial charge in [-0.3, -0.25) is 4.57 Å². The third kappa shape index (κ3) is 3.55. The van der Waals surface area contributed by atoms with Crippen LogP contribution in [0.15, 0.2) is 164 Å². The van der Waals surface area contributed by atoms with Gasteiger partial charge in [0.2, 0.25) is 0 Å². The van der Waals surface area contributed by atoms with Gasteiger partial charge >= 0.3 is 0 Å². The average molecular weight is 637 g/mol. The molecular weight excluding hydrogens is 605 g/mol. The van der Waals surface area contributed by atoms with Gasteiger partial charge in [-0.1, -0.05) is 128 Å². The Bertz CT molecular complexity index is 2810. The molecule has 8 aromatic carbocycles. The van der Waals surface area contributed by atoms with E-state index in [1.807, 2.05) is 0 Å². The first kappa shape index (κ1) is 27.7. The van der Waals surface area contributed by atoms with Crippen LogP contribution in [0.5, 0.6) is 0 Å². The Labute approximate surface area is 290 Å². The van der Waals surface area contributed by atoms with Crippen molar-refractivity contribution in [3.8, 4) is 39.1 Å². The van der Waals surface area contributed by atoms with Crippen molar-refractivity contribution in [1.82, 2.24) is 9.55 Å². The minimum Gasteiger partial charge on any atom is -0.296 e. The molecule has 2 heteroatoms. The van der Waals surface area contributed by atoms with Crippen molar-refractivity contribution in [2.75, 3.05) is 0 Å². The van der Waals surface area contributed by atoms with Gasteiger partial charge in [0.15, 0.2) is 0 Å². The van der Waals surface area contributed by atoms with Crippen LogP contribution >= 0.6 is 0 Å². The Morgan fingerprint density at radius 2 is 1.18 bits per heavy atom. The minimum atomic E-state index is -0.377. The summed E-state index contributed by atoms with van der Waals surface area (Å²) in [5, 5.41) is 5.12. The van der Waals surface area contributed by atoms with Gasteiger partial charge in [-0.15, -0.1) is 0 Å². The second-order valence-corrected chi connectivity index (χ2v) is 13.8. The maximum atomic E-state index is 4.90. The number of para-hydroxylation sites is 2. The molecule has 0 fully saturated rings. The van der Waals surface area contributed by atoms with E-state index in [9.17, 15) is 0 Å². The third-order valence-electron chi connectivity index (χ3n) is 11.3. The monoisotopic (exact) mass is 636 g/mol. The number of rotatable bonds is 3. The quantitative estimate of drug-likeness (QED) is 0.189. The minimum absolute atomic E-state index is 0.377. The Morgan fingerprint density at radius 1 is 0.500 bits per heavy atom. The smallest absolute Gasteiger partial charge is 0.114 e. The molecule has 0 amide bonds. The summed E-state index contributed by atoms with van der Waals surface area (Å²) in [4.78, 5) is 4.90. The fourth-order valence-corrected chi connectivity index (χ4v) is 9.23. The second-order valence-electron chi connectivity index (χ2n) is 13.8. The van der Waals surface area contributed by atoms with Crippen molar-refractivity contribution in [1.29, 1.82) is 0 Å². The number of hydrogen-bond acceptors (Lipinski definition) is 1. The zero-order valence-electron chi connectivity index (χ0n) is 27.7. The molecule has 1 aromatic heterocycles. The molecule has 11 rings (SSSR count). The molecule has 0 saturated carbocycles. The van der Waals surface area contributed by atoms with E-state index < -0.39 is 0 Å². The van der Waals surface area contributed by atoms with Crippen LogP contribution in [0.25, 0.3) is 71.6 Å². The number of aryl methyl sites for hydroxylation is 1. The Balaban J connectivity index is 1.12. The van der Waals surface area contributed by atoms with Crippen LogP contribution in [-0.2, 0) is 11.8 Å². The normalized spacial score (nSPS) is 13.5. The molecule has 234 valence electrons. The second kappa shape index (κ2) is 10.1. The summed E-state index contributed by atoms with van der Waals surface area (Å²) in [7, 11) is 0. The molecule has 9 aromatic rings. The van der Waals surface area contributed by atoms with Gasteiger partial charge < -0.3 is 0 Å². The van der Waals surface area contributed by atoms with Gasteiger partial charge in [0.05, 0.1) is 16.4 Å². The zero-order valence-corrected chi connectivity index (χ0v) is 27.7. The molecule has 0 saturated heterocycles. The average Bonchev–Trinajstić information content (AvgIpc) is 3.81. The van der Waals surface area contributed by atoms with E-state index in [4.69, 9.17) is 4.98 Å². The summed E-state index contributed by atoms with van der Waals surface area (Å²) in [6, 6.07) is 61.0. The van der Waals surface area contributed by atoms with E-state index in [1.54, 1.807) is 0 Å². The van der Waals surface area contributed by atoms with Crippen LogP contribution in [0.3, 0.4) is 0 Å². The van der Waals surface area contributed by atoms with Crippen molar-refractivity contribution in [3.63, 3.8) is 0 Å². The first-order chi connectivity index (χ1) is 24.7. The Hall–Kier alpha value is -6.25. The van der Waals surface area contributed by atoms with Crippen LogP contribution in [0.1, 0.15) is 35.0 Å². The molecule has 2 aliphatic carbocycles. The lowest BCUT2D eigenvalue weighted by Crippen LogP contribution is -2.25. The van der Waals surface area contributed by atoms with E-state index in [2.05, 4.69) is 175 Å². The standard InChI is InChI=1S/C48H32N2/c1-2-46-49-44-17-9-10-18-45(44)50(46)35-24-21-30(22-25-35)32-19-20-33-28-39-43(29-34(33)27-32)48(42-26-23-31-11-3-4-12-36(31)47(39)42)40-15-7-5-13-37(40)38-14-6-8-16-41(38)48/h3-29H,2H2,1H3. The first-order valence-corrected chi connectivity index (χ1v) is 17.6. The van der Waals surface area contributed by atoms with E-state index in [1.165, 1.54) is 77.2 Å². The highest BCUT2D eigenvalue weighted by Crippen LogP contribution is 2.64. The van der Waals surface area contributed by atoms with Gasteiger partial charge in [-0.2, -0.15) is 0 Å². The number of benzene rings is 8. The summed E-state index contributed by atoms with van der Waals surface area (Å²) >= 11 is 0. The summed E-state index contributed by atoms with van der Waals surface area (Å²) in [6.45, 7) is 2.17. The fourth-order valence-electron chi connectivity index (χ4n) is 9.23. The highest BCUT2D eigenvalue weighted by Gasteiger charge is 2.52. The van der Waals surface area contributed by atoms with Crippen molar-refractivity contribution in [2.45, 2.75) is 18.8 Å². The van der Waals surface area contributed by atoms with E-state index >= 15 is 0 Å². The molecule has 0 radical (unpaired) electrons. The molecule has 2 aliphatic rings. The maximum Gasteiger partial charge on any atom is 0.114 e. The third-order valence-corrected chi connectivity index (χ3v) is 11.3. The van der Waals surface area contributed by atoms with Crippen LogP contribution in [-0.4, -0.2) is 9.55 Å². The van der Waals surface area contributed by atoms with Crippen LogP contribution in [0.2, 0.25) is 0 Å². The van der Waals surface area contributed by atoms with Crippen LogP contribution in [0, 0.1) is 0 Å². The molecule has 0 unspecified atom stereocenters. The van der Waals surface area contributed by atoms with Crippen molar-refractivity contribution >= 4 is 32.6 Å². The van der Waals surface area contributed by atoms with Crippen molar-refractivity contribution in [2.24, 2.45) is 0 Å². The van der Waals surface area contributed by atoms with Crippen LogP contribution in [0.4, 0.5) is 0 Å². The molecule has 1 spiro atoms. The Morgan fingerprint density at radius 3 is 1.98 bits per heavy atom. The molecule has 50 heavy (non-hydrogen) atoms. The number of fused-ring (bicyclic) bond motifs is 14. The van der Waals surface area contributed by atoms with E-state index in [-0.39, 0.29) is 5.41 Å². The molecule has 0 atom stereocenters. The SMILES string of the molecule is CCc1nc2ccccc2n1-c1ccc(-c2ccc3cc4c(cc3c2)C2(c3ccccc3-c3ccccc32)c2ccc3ccccc3c2-4)cc1. The lowest BCUT2D eigenvalue weighted by molar-refractivity contribution is 0.795. The van der Waals surface area contributed by atoms with Gasteiger partial charge in [-0.25, -0.2) is 4.98 Å². The largest absolute Gasteiger partial charge is 0.296 e. The highest BCUT2D eigenvalue weighted by molar-refractivity contribution is 6.08. The Kier molecular flexibility index (Phi) is 5.61. The number of nitrogens with zero attached hydrogens (tertiary/aromatic N) is 2. The van der Waals surface area contributed by atoms with E-state index in [0.29, 0.717) is 0 Å². The number of imidazole rings is 1. The topological polar surface area (TPSA) is 17.8 Å². The summed E-state index contributed by atoms with van der Waals surface area (Å²) in [6.07, 6.45) is 0.877. The van der Waals surface area contributed by atoms with Gasteiger partial charge in [0.1, 0.15) is 5.82 Å². The van der Waals surface area contributed by atoms with Gasteiger partial charge in [0.25, 0.3) is 0 Å². The molecule has 2 nitrogen and oxygen atoms in total. The molecular formula is C48H32N2. The van der Waals surface area contributed by atoms with E-state index in [0.717, 1.165) is 29.0 Å². The van der Waals surface area contributed by atoms with Crippen molar-refractivity contribution in [3.05, 3.63) is 192 Å². The first-order valence-electron chi connectivity index (χ1n) is 17.6. The molecule has 0 bridgehead atoms. The lowest BCUT2D eigenvalue weighted by atomic mass is 9.70. The summed E-state index contributed by atoms with van der Waals surface area (Å²) in [5.41, 5.74) is 16.3. The number of hydrogen-bond donors (Lipinski definition) is 0. The highest BCUT2D eigenvalue weighted by atomic mass is 15.1. The molecule has 0 N–H and O–H groups in total. The van der Waals surface area contributed by atoms with Crippen molar-refractivity contribution < 1.29 is 0 Å². The fraction of sp³-hybridized carbons (Fsp3) is 0.0625. The van der Waals surface area contributed by atoms with Crippen LogP contribution < -0.4 is 0 Å². The maximum absolute atomic E-state index is 4.90. The summed E-state index contributed by atoms with van der Waals surface area (Å²) < 4.78 is 2.29. The van der Waals surface area contributed by atoms with Gasteiger partial charge in [-0.05, 0) is 120 Å². The predicted molar refractivity (Wildman–Crippen MR) is 207 cm³/mol. The predicted octanol–water partition coefficient (Wildman–Crippen LogP) is 11.9. The zero-order chi connectivity index (χ0) is 33.0.